The first kappa shape index (κ1) is 12.3. The van der Waals surface area contributed by atoms with Gasteiger partial charge in [0.25, 0.3) is 0 Å². The van der Waals surface area contributed by atoms with Crippen molar-refractivity contribution in [3.63, 3.8) is 0 Å². The summed E-state index contributed by atoms with van der Waals surface area (Å²) in [5.41, 5.74) is 0.0931. The number of hydrogen-bond acceptors (Lipinski definition) is 2. The minimum Gasteiger partial charge on any atom is -0.469 e. The Morgan fingerprint density at radius 3 is 2.67 bits per heavy atom. The number of ether oxygens (including phenoxy) is 1. The van der Waals surface area contributed by atoms with Gasteiger partial charge in [-0.25, -0.2) is 0 Å². The molecule has 1 fully saturated rings. The standard InChI is InChI=1S/C13H22O2/c1-5-6-7-8-9-10-11(12(14)15-4)13(10,2)3/h8-11H,5-7H2,1-4H3/b9-8+. The van der Waals surface area contributed by atoms with Crippen molar-refractivity contribution >= 4 is 5.97 Å². The quantitative estimate of drug-likeness (QED) is 0.396. The van der Waals surface area contributed by atoms with Gasteiger partial charge in [-0.3, -0.25) is 4.79 Å². The van der Waals surface area contributed by atoms with Crippen LogP contribution < -0.4 is 0 Å². The first-order chi connectivity index (χ1) is 7.05. The van der Waals surface area contributed by atoms with Crippen LogP contribution in [0.15, 0.2) is 12.2 Å². The molecule has 0 radical (unpaired) electrons. The Morgan fingerprint density at radius 1 is 1.47 bits per heavy atom. The molecule has 86 valence electrons. The Hall–Kier alpha value is -0.790. The third-order valence-corrected chi connectivity index (χ3v) is 3.43. The average molecular weight is 210 g/mol. The fourth-order valence-corrected chi connectivity index (χ4v) is 2.18. The molecule has 2 atom stereocenters. The molecule has 15 heavy (non-hydrogen) atoms. The van der Waals surface area contributed by atoms with E-state index in [1.165, 1.54) is 20.0 Å². The minimum absolute atomic E-state index is 0.0647. The van der Waals surface area contributed by atoms with Crippen LogP contribution >= 0.6 is 0 Å². The highest BCUT2D eigenvalue weighted by Gasteiger charge is 2.61. The summed E-state index contributed by atoms with van der Waals surface area (Å²) in [4.78, 5) is 11.4. The molecule has 0 aromatic heterocycles. The minimum atomic E-state index is -0.0647. The summed E-state index contributed by atoms with van der Waals surface area (Å²) in [6.07, 6.45) is 7.97. The topological polar surface area (TPSA) is 26.3 Å². The van der Waals surface area contributed by atoms with Crippen molar-refractivity contribution < 1.29 is 9.53 Å². The molecule has 0 N–H and O–H groups in total. The third-order valence-electron chi connectivity index (χ3n) is 3.43. The van der Waals surface area contributed by atoms with Crippen LogP contribution in [0.1, 0.15) is 40.0 Å². The van der Waals surface area contributed by atoms with Gasteiger partial charge in [0.05, 0.1) is 13.0 Å². The molecule has 1 aliphatic carbocycles. The van der Waals surface area contributed by atoms with Gasteiger partial charge in [-0.15, -0.1) is 0 Å². The zero-order valence-corrected chi connectivity index (χ0v) is 10.2. The van der Waals surface area contributed by atoms with Crippen molar-refractivity contribution in [2.24, 2.45) is 17.3 Å². The van der Waals surface area contributed by atoms with Crippen LogP contribution in [0.2, 0.25) is 0 Å². The number of methoxy groups -OCH3 is 1. The predicted molar refractivity (Wildman–Crippen MR) is 61.4 cm³/mol. The molecule has 0 heterocycles. The zero-order chi connectivity index (χ0) is 11.5. The van der Waals surface area contributed by atoms with E-state index in [4.69, 9.17) is 4.74 Å². The molecule has 2 nitrogen and oxygen atoms in total. The van der Waals surface area contributed by atoms with E-state index >= 15 is 0 Å². The lowest BCUT2D eigenvalue weighted by Gasteiger charge is -1.99. The van der Waals surface area contributed by atoms with Crippen LogP contribution in [0.5, 0.6) is 0 Å². The number of esters is 1. The number of carbonyl (C=O) groups excluding carboxylic acids is 1. The molecule has 1 aliphatic rings. The van der Waals surface area contributed by atoms with Crippen LogP contribution in [0.3, 0.4) is 0 Å². The second-order valence-electron chi connectivity index (χ2n) is 4.92. The lowest BCUT2D eigenvalue weighted by Crippen LogP contribution is -2.07. The van der Waals surface area contributed by atoms with E-state index in [1.807, 2.05) is 0 Å². The van der Waals surface area contributed by atoms with Gasteiger partial charge in [0.2, 0.25) is 0 Å². The molecular formula is C13H22O2. The van der Waals surface area contributed by atoms with Crippen LogP contribution in [-0.4, -0.2) is 13.1 Å². The molecule has 0 spiro atoms. The normalized spacial score (nSPS) is 28.0. The summed E-state index contributed by atoms with van der Waals surface area (Å²) < 4.78 is 4.79. The van der Waals surface area contributed by atoms with Gasteiger partial charge >= 0.3 is 5.97 Å². The monoisotopic (exact) mass is 210 g/mol. The summed E-state index contributed by atoms with van der Waals surface area (Å²) in [6, 6.07) is 0. The first-order valence-electron chi connectivity index (χ1n) is 5.80. The molecule has 0 amide bonds. The molecule has 0 saturated heterocycles. The molecule has 1 saturated carbocycles. The van der Waals surface area contributed by atoms with Gasteiger partial charge in [-0.05, 0) is 17.8 Å². The van der Waals surface area contributed by atoms with Gasteiger partial charge in [0.15, 0.2) is 0 Å². The second kappa shape index (κ2) is 4.82. The summed E-state index contributed by atoms with van der Waals surface area (Å²) in [6.45, 7) is 6.44. The van der Waals surface area contributed by atoms with Crippen molar-refractivity contribution in [3.05, 3.63) is 12.2 Å². The number of hydrogen-bond donors (Lipinski definition) is 0. The lowest BCUT2D eigenvalue weighted by molar-refractivity contribution is -0.143. The molecule has 0 aliphatic heterocycles. The van der Waals surface area contributed by atoms with Gasteiger partial charge in [-0.2, -0.15) is 0 Å². The highest BCUT2D eigenvalue weighted by molar-refractivity contribution is 5.78. The number of carbonyl (C=O) groups is 1. The number of rotatable bonds is 5. The van der Waals surface area contributed by atoms with E-state index in [9.17, 15) is 4.79 Å². The Kier molecular flexibility index (Phi) is 3.95. The van der Waals surface area contributed by atoms with E-state index in [-0.39, 0.29) is 17.3 Å². The second-order valence-corrected chi connectivity index (χ2v) is 4.92. The predicted octanol–water partition coefficient (Wildman–Crippen LogP) is 3.18. The highest BCUT2D eigenvalue weighted by atomic mass is 16.5. The molecule has 2 unspecified atom stereocenters. The van der Waals surface area contributed by atoms with Crippen LogP contribution in [-0.2, 0) is 9.53 Å². The van der Waals surface area contributed by atoms with Gasteiger partial charge in [0.1, 0.15) is 0 Å². The van der Waals surface area contributed by atoms with Crippen molar-refractivity contribution in [1.82, 2.24) is 0 Å². The van der Waals surface area contributed by atoms with Crippen LogP contribution in [0.25, 0.3) is 0 Å². The molecular weight excluding hydrogens is 188 g/mol. The van der Waals surface area contributed by atoms with Crippen molar-refractivity contribution in [2.45, 2.75) is 40.0 Å². The van der Waals surface area contributed by atoms with E-state index in [1.54, 1.807) is 0 Å². The Labute approximate surface area is 92.7 Å². The van der Waals surface area contributed by atoms with Gasteiger partial charge in [-0.1, -0.05) is 45.8 Å². The van der Waals surface area contributed by atoms with Crippen LogP contribution in [0.4, 0.5) is 0 Å². The van der Waals surface area contributed by atoms with Gasteiger partial charge in [0, 0.05) is 0 Å². The van der Waals surface area contributed by atoms with Crippen molar-refractivity contribution in [1.29, 1.82) is 0 Å². The Balaban J connectivity index is 2.44. The van der Waals surface area contributed by atoms with E-state index in [2.05, 4.69) is 32.9 Å². The average Bonchev–Trinajstić information content (AvgIpc) is 2.74. The van der Waals surface area contributed by atoms with Crippen LogP contribution in [0, 0.1) is 17.3 Å². The third kappa shape index (κ3) is 2.61. The molecule has 2 heteroatoms. The van der Waals surface area contributed by atoms with E-state index in [0.717, 1.165) is 6.42 Å². The lowest BCUT2D eigenvalue weighted by atomic mass is 10.1. The summed E-state index contributed by atoms with van der Waals surface area (Å²) in [5, 5.41) is 0. The van der Waals surface area contributed by atoms with Crippen molar-refractivity contribution in [3.8, 4) is 0 Å². The first-order valence-corrected chi connectivity index (χ1v) is 5.80. The smallest absolute Gasteiger partial charge is 0.309 e. The van der Waals surface area contributed by atoms with E-state index < -0.39 is 0 Å². The van der Waals surface area contributed by atoms with E-state index in [0.29, 0.717) is 5.92 Å². The van der Waals surface area contributed by atoms with Gasteiger partial charge < -0.3 is 4.74 Å². The Morgan fingerprint density at radius 2 is 2.13 bits per heavy atom. The largest absolute Gasteiger partial charge is 0.469 e. The maximum atomic E-state index is 11.4. The highest BCUT2D eigenvalue weighted by Crippen LogP contribution is 2.59. The summed E-state index contributed by atoms with van der Waals surface area (Å²) in [7, 11) is 1.47. The number of unbranched alkanes of at least 4 members (excludes halogenated alkanes) is 2. The molecule has 0 aromatic rings. The summed E-state index contributed by atoms with van der Waals surface area (Å²) in [5.74, 6) is 0.382. The van der Waals surface area contributed by atoms with Crippen molar-refractivity contribution in [2.75, 3.05) is 7.11 Å². The SMILES string of the molecule is CCCC/C=C/C1C(C(=O)OC)C1(C)C. The molecule has 0 bridgehead atoms. The number of allylic oxidation sites excluding steroid dienone is 2. The molecule has 0 aromatic carbocycles. The fourth-order valence-electron chi connectivity index (χ4n) is 2.18. The zero-order valence-electron chi connectivity index (χ0n) is 10.2. The maximum absolute atomic E-state index is 11.4. The maximum Gasteiger partial charge on any atom is 0.309 e. The summed E-state index contributed by atoms with van der Waals surface area (Å²) >= 11 is 0. The Bertz CT molecular complexity index is 253. The fraction of sp³-hybridized carbons (Fsp3) is 0.769. The molecule has 1 rings (SSSR count).